The molecule has 3 aromatic rings. The molecule has 31 heavy (non-hydrogen) atoms. The summed E-state index contributed by atoms with van der Waals surface area (Å²) in [5.41, 5.74) is 2.06. The summed E-state index contributed by atoms with van der Waals surface area (Å²) in [6.07, 6.45) is 1.54. The lowest BCUT2D eigenvalue weighted by Crippen LogP contribution is -2.45. The molecule has 0 aliphatic carbocycles. The quantitative estimate of drug-likeness (QED) is 0.602. The average molecular weight is 423 g/mol. The van der Waals surface area contributed by atoms with E-state index in [9.17, 15) is 4.79 Å². The fourth-order valence-corrected chi connectivity index (χ4v) is 3.69. The second kappa shape index (κ2) is 9.03. The molecule has 1 fully saturated rings. The van der Waals surface area contributed by atoms with Crippen molar-refractivity contribution in [1.82, 2.24) is 24.9 Å². The third-order valence-electron chi connectivity index (χ3n) is 5.26. The molecule has 0 bridgehead atoms. The number of para-hydroxylation sites is 1. The summed E-state index contributed by atoms with van der Waals surface area (Å²) in [5.74, 6) is 1.48. The Morgan fingerprint density at radius 1 is 1.06 bits per heavy atom. The number of hydrogen-bond acceptors (Lipinski definition) is 7. The van der Waals surface area contributed by atoms with E-state index in [-0.39, 0.29) is 12.0 Å². The highest BCUT2D eigenvalue weighted by atomic mass is 16.5. The Balaban J connectivity index is 1.48. The van der Waals surface area contributed by atoms with Crippen LogP contribution in [0.4, 0.5) is 0 Å². The van der Waals surface area contributed by atoms with Crippen molar-refractivity contribution in [3.63, 3.8) is 0 Å². The first-order valence-corrected chi connectivity index (χ1v) is 10.1. The molecule has 1 amide bonds. The fourth-order valence-electron chi connectivity index (χ4n) is 3.69. The number of aryl methyl sites for hydroxylation is 1. The van der Waals surface area contributed by atoms with Gasteiger partial charge in [-0.3, -0.25) is 9.48 Å². The van der Waals surface area contributed by atoms with Crippen molar-refractivity contribution in [3.05, 3.63) is 48.2 Å². The zero-order chi connectivity index (χ0) is 21.8. The summed E-state index contributed by atoms with van der Waals surface area (Å²) in [6.45, 7) is 1.14. The SMILES string of the molecule is COc1ccc(OC2CCCN(C(=O)c3cc(-c4ccccc4OC)nn3C)C2)nn1. The number of carbonyl (C=O) groups is 1. The predicted octanol–water partition coefficient (Wildman–Crippen LogP) is 2.58. The van der Waals surface area contributed by atoms with Crippen LogP contribution in [0, 0.1) is 0 Å². The number of nitrogens with zero attached hydrogens (tertiary/aromatic N) is 5. The molecule has 3 heterocycles. The third-order valence-corrected chi connectivity index (χ3v) is 5.26. The smallest absolute Gasteiger partial charge is 0.272 e. The minimum absolute atomic E-state index is 0.0785. The molecule has 0 spiro atoms. The largest absolute Gasteiger partial charge is 0.496 e. The number of ether oxygens (including phenoxy) is 3. The van der Waals surface area contributed by atoms with Crippen LogP contribution in [-0.2, 0) is 7.05 Å². The van der Waals surface area contributed by atoms with E-state index in [1.807, 2.05) is 24.3 Å². The summed E-state index contributed by atoms with van der Waals surface area (Å²) < 4.78 is 18.0. The molecule has 9 heteroatoms. The standard InChI is InChI=1S/C22H25N5O4/c1-26-18(13-17(25-26)16-8-4-5-9-19(16)29-2)22(28)27-12-6-7-15(14-27)31-21-11-10-20(30-3)23-24-21/h4-5,8-11,13,15H,6-7,12,14H2,1-3H3. The number of methoxy groups -OCH3 is 2. The van der Waals surface area contributed by atoms with E-state index in [1.54, 1.807) is 41.9 Å². The van der Waals surface area contributed by atoms with Gasteiger partial charge in [0.25, 0.3) is 5.91 Å². The molecule has 1 aliphatic rings. The minimum Gasteiger partial charge on any atom is -0.496 e. The maximum atomic E-state index is 13.2. The van der Waals surface area contributed by atoms with Crippen molar-refractivity contribution in [2.45, 2.75) is 18.9 Å². The average Bonchev–Trinajstić information content (AvgIpc) is 3.20. The van der Waals surface area contributed by atoms with Gasteiger partial charge >= 0.3 is 0 Å². The monoisotopic (exact) mass is 423 g/mol. The van der Waals surface area contributed by atoms with Gasteiger partial charge in [0.2, 0.25) is 11.8 Å². The van der Waals surface area contributed by atoms with Crippen molar-refractivity contribution >= 4 is 5.91 Å². The normalized spacial score (nSPS) is 16.1. The van der Waals surface area contributed by atoms with E-state index in [4.69, 9.17) is 14.2 Å². The number of aromatic nitrogens is 4. The molecule has 0 radical (unpaired) electrons. The van der Waals surface area contributed by atoms with Gasteiger partial charge in [-0.25, -0.2) is 0 Å². The number of benzene rings is 1. The maximum absolute atomic E-state index is 13.2. The lowest BCUT2D eigenvalue weighted by Gasteiger charge is -2.32. The lowest BCUT2D eigenvalue weighted by atomic mass is 10.1. The summed E-state index contributed by atoms with van der Waals surface area (Å²) in [6, 6.07) is 12.8. The summed E-state index contributed by atoms with van der Waals surface area (Å²) in [5, 5.41) is 12.5. The second-order valence-electron chi connectivity index (χ2n) is 7.29. The van der Waals surface area contributed by atoms with Gasteiger partial charge in [0, 0.05) is 31.3 Å². The lowest BCUT2D eigenvalue weighted by molar-refractivity contribution is 0.0515. The Bertz CT molecular complexity index is 1050. The number of rotatable bonds is 6. The van der Waals surface area contributed by atoms with Crippen LogP contribution in [0.1, 0.15) is 23.3 Å². The van der Waals surface area contributed by atoms with E-state index in [2.05, 4.69) is 15.3 Å². The Morgan fingerprint density at radius 3 is 2.58 bits per heavy atom. The second-order valence-corrected chi connectivity index (χ2v) is 7.29. The van der Waals surface area contributed by atoms with Crippen molar-refractivity contribution in [1.29, 1.82) is 0 Å². The molecule has 2 aromatic heterocycles. The van der Waals surface area contributed by atoms with Crippen molar-refractivity contribution in [3.8, 4) is 28.8 Å². The highest BCUT2D eigenvalue weighted by Gasteiger charge is 2.28. The first-order chi connectivity index (χ1) is 15.1. The van der Waals surface area contributed by atoms with Crippen molar-refractivity contribution in [2.24, 2.45) is 7.05 Å². The van der Waals surface area contributed by atoms with Gasteiger partial charge in [-0.2, -0.15) is 5.10 Å². The Morgan fingerprint density at radius 2 is 1.84 bits per heavy atom. The van der Waals surface area contributed by atoms with Gasteiger partial charge in [-0.1, -0.05) is 12.1 Å². The van der Waals surface area contributed by atoms with Crippen molar-refractivity contribution < 1.29 is 19.0 Å². The van der Waals surface area contributed by atoms with Gasteiger partial charge in [-0.05, 0) is 31.0 Å². The molecule has 1 aromatic carbocycles. The molecular weight excluding hydrogens is 398 g/mol. The van der Waals surface area contributed by atoms with E-state index >= 15 is 0 Å². The molecular formula is C22H25N5O4. The molecule has 9 nitrogen and oxygen atoms in total. The van der Waals surface area contributed by atoms with Gasteiger partial charge in [-0.15, -0.1) is 10.2 Å². The van der Waals surface area contributed by atoms with Crippen molar-refractivity contribution in [2.75, 3.05) is 27.3 Å². The van der Waals surface area contributed by atoms with Crippen LogP contribution < -0.4 is 14.2 Å². The molecule has 4 rings (SSSR count). The van der Waals surface area contributed by atoms with E-state index in [0.717, 1.165) is 18.4 Å². The summed E-state index contributed by atoms with van der Waals surface area (Å²) in [4.78, 5) is 15.0. The zero-order valence-electron chi connectivity index (χ0n) is 17.8. The van der Waals surface area contributed by atoms with Crippen LogP contribution in [0.15, 0.2) is 42.5 Å². The van der Waals surface area contributed by atoms with Crippen LogP contribution in [-0.4, -0.2) is 64.2 Å². The van der Waals surface area contributed by atoms with E-state index in [1.165, 1.54) is 7.11 Å². The van der Waals surface area contributed by atoms with Gasteiger partial charge in [0.15, 0.2) is 0 Å². The fraction of sp³-hybridized carbons (Fsp3) is 0.364. The van der Waals surface area contributed by atoms with Crippen LogP contribution in [0.3, 0.4) is 0 Å². The van der Waals surface area contributed by atoms with E-state index in [0.29, 0.717) is 42.0 Å². The predicted molar refractivity (Wildman–Crippen MR) is 113 cm³/mol. The molecule has 1 saturated heterocycles. The summed E-state index contributed by atoms with van der Waals surface area (Å²) in [7, 11) is 4.93. The highest BCUT2D eigenvalue weighted by molar-refractivity contribution is 5.94. The molecule has 0 N–H and O–H groups in total. The van der Waals surface area contributed by atoms with Crippen LogP contribution in [0.25, 0.3) is 11.3 Å². The number of carbonyl (C=O) groups excluding carboxylic acids is 1. The molecule has 1 unspecified atom stereocenters. The first-order valence-electron chi connectivity index (χ1n) is 10.1. The van der Waals surface area contributed by atoms with Crippen LogP contribution in [0.2, 0.25) is 0 Å². The van der Waals surface area contributed by atoms with Gasteiger partial charge in [0.05, 0.1) is 26.5 Å². The van der Waals surface area contributed by atoms with Crippen LogP contribution in [0.5, 0.6) is 17.5 Å². The van der Waals surface area contributed by atoms with E-state index < -0.39 is 0 Å². The Hall–Kier alpha value is -3.62. The Labute approximate surface area is 180 Å². The number of piperidine rings is 1. The third kappa shape index (κ3) is 4.45. The maximum Gasteiger partial charge on any atom is 0.272 e. The molecule has 0 saturated carbocycles. The number of likely N-dealkylation sites (tertiary alicyclic amines) is 1. The molecule has 1 aliphatic heterocycles. The molecule has 1 atom stereocenters. The Kier molecular flexibility index (Phi) is 6.01. The zero-order valence-corrected chi connectivity index (χ0v) is 17.8. The highest BCUT2D eigenvalue weighted by Crippen LogP contribution is 2.29. The number of hydrogen-bond donors (Lipinski definition) is 0. The van der Waals surface area contributed by atoms with Crippen LogP contribution >= 0.6 is 0 Å². The van der Waals surface area contributed by atoms with Gasteiger partial charge in [0.1, 0.15) is 17.5 Å². The first kappa shape index (κ1) is 20.6. The topological polar surface area (TPSA) is 91.6 Å². The minimum atomic E-state index is -0.151. The molecule has 162 valence electrons. The van der Waals surface area contributed by atoms with Gasteiger partial charge < -0.3 is 19.1 Å². The number of amides is 1. The summed E-state index contributed by atoms with van der Waals surface area (Å²) >= 11 is 0.